The molecule has 4 aromatic carbocycles. The van der Waals surface area contributed by atoms with Gasteiger partial charge in [0.2, 0.25) is 0 Å². The molecular weight excluding hydrogens is 430 g/mol. The molecule has 1 unspecified atom stereocenters. The van der Waals surface area contributed by atoms with E-state index in [-0.39, 0.29) is 0 Å². The molecule has 34 heavy (non-hydrogen) atoms. The third-order valence-electron chi connectivity index (χ3n) is 7.39. The van der Waals surface area contributed by atoms with E-state index in [1.165, 1.54) is 66.6 Å². The Kier molecular flexibility index (Phi) is 4.56. The number of fused-ring (bicyclic) bond motifs is 4. The van der Waals surface area contributed by atoms with Crippen molar-refractivity contribution >= 4 is 44.0 Å². The van der Waals surface area contributed by atoms with Crippen molar-refractivity contribution in [3.8, 4) is 21.7 Å². The molecule has 1 atom stereocenters. The fraction of sp³-hybridized carbons (Fsp3) is 0.156. The summed E-state index contributed by atoms with van der Waals surface area (Å²) in [7, 11) is 0. The maximum atomic E-state index is 4.86. The fourth-order valence-corrected chi connectivity index (χ4v) is 6.65. The molecule has 1 heterocycles. The van der Waals surface area contributed by atoms with Crippen molar-refractivity contribution in [1.29, 1.82) is 0 Å². The quantitative estimate of drug-likeness (QED) is 0.270. The normalized spacial score (nSPS) is 17.0. The van der Waals surface area contributed by atoms with Crippen LogP contribution in [0.25, 0.3) is 54.3 Å². The summed E-state index contributed by atoms with van der Waals surface area (Å²) in [4.78, 5) is 4.86. The Morgan fingerprint density at radius 2 is 1.79 bits per heavy atom. The average molecular weight is 456 g/mol. The second-order valence-electron chi connectivity index (χ2n) is 9.61. The number of rotatable bonds is 2. The van der Waals surface area contributed by atoms with E-state index in [0.717, 1.165) is 16.9 Å². The minimum Gasteiger partial charge on any atom is -0.236 e. The van der Waals surface area contributed by atoms with Gasteiger partial charge in [-0.25, -0.2) is 4.98 Å². The number of hydrogen-bond acceptors (Lipinski definition) is 2. The highest BCUT2D eigenvalue weighted by atomic mass is 32.1. The van der Waals surface area contributed by atoms with Gasteiger partial charge in [0.05, 0.1) is 10.2 Å². The van der Waals surface area contributed by atoms with Gasteiger partial charge in [-0.1, -0.05) is 66.8 Å². The first-order chi connectivity index (χ1) is 16.7. The summed E-state index contributed by atoms with van der Waals surface area (Å²) in [6.45, 7) is 2.13. The molecule has 2 aliphatic rings. The van der Waals surface area contributed by atoms with E-state index in [1.807, 2.05) is 0 Å². The summed E-state index contributed by atoms with van der Waals surface area (Å²) < 4.78 is 1.25. The van der Waals surface area contributed by atoms with E-state index in [2.05, 4.69) is 97.9 Å². The fourth-order valence-electron chi connectivity index (χ4n) is 5.58. The lowest BCUT2D eigenvalue weighted by atomic mass is 9.81. The molecule has 0 radical (unpaired) electrons. The third-order valence-corrected chi connectivity index (χ3v) is 8.46. The Balaban J connectivity index is 1.33. The molecule has 7 rings (SSSR count). The molecule has 5 aromatic rings. The van der Waals surface area contributed by atoms with E-state index in [0.29, 0.717) is 5.92 Å². The van der Waals surface area contributed by atoms with Crippen LogP contribution in [0.5, 0.6) is 0 Å². The van der Waals surface area contributed by atoms with E-state index >= 15 is 0 Å². The molecule has 2 heteroatoms. The van der Waals surface area contributed by atoms with Crippen molar-refractivity contribution < 1.29 is 0 Å². The van der Waals surface area contributed by atoms with Crippen molar-refractivity contribution in [3.05, 3.63) is 101 Å². The Bertz CT molecular complexity index is 1730. The molecule has 0 aliphatic heterocycles. The summed E-state index contributed by atoms with van der Waals surface area (Å²) in [5.41, 5.74) is 7.63. The van der Waals surface area contributed by atoms with Crippen LogP contribution in [0.15, 0.2) is 84.9 Å². The van der Waals surface area contributed by atoms with Crippen molar-refractivity contribution in [2.45, 2.75) is 26.2 Å². The van der Waals surface area contributed by atoms with Crippen molar-refractivity contribution in [2.75, 3.05) is 0 Å². The summed E-state index contributed by atoms with van der Waals surface area (Å²) >= 11 is 1.77. The number of thiazole rings is 1. The Morgan fingerprint density at radius 3 is 2.71 bits per heavy atom. The van der Waals surface area contributed by atoms with Gasteiger partial charge in [0.25, 0.3) is 0 Å². The highest BCUT2D eigenvalue weighted by molar-refractivity contribution is 7.21. The number of hydrogen-bond donors (Lipinski definition) is 0. The highest BCUT2D eigenvalue weighted by Crippen LogP contribution is 2.34. The molecule has 0 amide bonds. The third kappa shape index (κ3) is 3.25. The number of allylic oxidation sites excluding steroid dienone is 2. The van der Waals surface area contributed by atoms with Gasteiger partial charge < -0.3 is 0 Å². The molecule has 0 N–H and O–H groups in total. The molecule has 0 saturated heterocycles. The lowest BCUT2D eigenvalue weighted by Crippen LogP contribution is -2.33. The van der Waals surface area contributed by atoms with Crippen LogP contribution < -0.4 is 10.4 Å². The largest absolute Gasteiger partial charge is 0.236 e. The van der Waals surface area contributed by atoms with Crippen LogP contribution in [0.2, 0.25) is 0 Å². The molecular formula is C32H25NS. The number of aryl methyl sites for hydroxylation is 1. The lowest BCUT2D eigenvalue weighted by Gasteiger charge is -2.23. The second kappa shape index (κ2) is 7.78. The number of benzene rings is 4. The molecule has 0 saturated carbocycles. The van der Waals surface area contributed by atoms with Crippen LogP contribution in [0.1, 0.15) is 24.8 Å². The SMILES string of the molecule is Cc1ccc2nc(-c3ccc(-c4cccc5cc6c(cc45)=CCC4CCC=CC=64)cc3)sc2c1. The standard InChI is InChI=1S/C32H25NS/c1-20-9-16-30-31(17-20)34-32(33-30)23-13-10-22(11-14-23)27-8-4-6-24-18-29-25(19-28(24)27)15-12-21-5-2-3-7-26(21)29/h3-4,6-11,13-19,21H,2,5,12H2,1H3. The molecule has 0 fully saturated rings. The molecule has 164 valence electrons. The van der Waals surface area contributed by atoms with Gasteiger partial charge in [0.15, 0.2) is 0 Å². The summed E-state index contributed by atoms with van der Waals surface area (Å²) in [5.74, 6) is 0.692. The van der Waals surface area contributed by atoms with Crippen LogP contribution in [-0.4, -0.2) is 4.98 Å². The van der Waals surface area contributed by atoms with Gasteiger partial charge >= 0.3 is 0 Å². The van der Waals surface area contributed by atoms with Crippen LogP contribution >= 0.6 is 11.3 Å². The van der Waals surface area contributed by atoms with Crippen molar-refractivity contribution in [2.24, 2.45) is 5.92 Å². The predicted octanol–water partition coefficient (Wildman–Crippen LogP) is 7.39. The van der Waals surface area contributed by atoms with Gasteiger partial charge in [-0.3, -0.25) is 0 Å². The molecule has 1 aromatic heterocycles. The molecule has 2 aliphatic carbocycles. The van der Waals surface area contributed by atoms with Crippen LogP contribution in [0.4, 0.5) is 0 Å². The summed E-state index contributed by atoms with van der Waals surface area (Å²) in [5, 5.41) is 6.56. The Hall–Kier alpha value is -3.49. The first-order valence-electron chi connectivity index (χ1n) is 12.1. The number of nitrogens with zero attached hydrogens (tertiary/aromatic N) is 1. The minimum atomic E-state index is 0.692. The first kappa shape index (κ1) is 19.9. The molecule has 0 bridgehead atoms. The predicted molar refractivity (Wildman–Crippen MR) is 146 cm³/mol. The topological polar surface area (TPSA) is 12.9 Å². The van der Waals surface area contributed by atoms with Gasteiger partial charge in [-0.15, -0.1) is 11.3 Å². The Labute approximate surface area is 203 Å². The maximum Gasteiger partial charge on any atom is 0.124 e. The molecule has 0 spiro atoms. The van der Waals surface area contributed by atoms with Crippen molar-refractivity contribution in [3.63, 3.8) is 0 Å². The smallest absolute Gasteiger partial charge is 0.124 e. The van der Waals surface area contributed by atoms with E-state index in [9.17, 15) is 0 Å². The monoisotopic (exact) mass is 455 g/mol. The van der Waals surface area contributed by atoms with Gasteiger partial charge in [-0.05, 0) is 99.8 Å². The zero-order chi connectivity index (χ0) is 22.6. The zero-order valence-electron chi connectivity index (χ0n) is 19.2. The minimum absolute atomic E-state index is 0.692. The highest BCUT2D eigenvalue weighted by Gasteiger charge is 2.18. The van der Waals surface area contributed by atoms with E-state index in [1.54, 1.807) is 11.3 Å². The van der Waals surface area contributed by atoms with E-state index < -0.39 is 0 Å². The maximum absolute atomic E-state index is 4.86. The molecule has 1 nitrogen and oxygen atoms in total. The van der Waals surface area contributed by atoms with Gasteiger partial charge in [0.1, 0.15) is 5.01 Å². The Morgan fingerprint density at radius 1 is 0.912 bits per heavy atom. The number of aromatic nitrogens is 1. The van der Waals surface area contributed by atoms with Crippen molar-refractivity contribution in [1.82, 2.24) is 4.98 Å². The lowest BCUT2D eigenvalue weighted by molar-refractivity contribution is 0.619. The second-order valence-corrected chi connectivity index (χ2v) is 10.6. The van der Waals surface area contributed by atoms with Gasteiger partial charge in [0, 0.05) is 5.56 Å². The van der Waals surface area contributed by atoms with Crippen LogP contribution in [-0.2, 0) is 0 Å². The first-order valence-corrected chi connectivity index (χ1v) is 13.0. The van der Waals surface area contributed by atoms with Crippen LogP contribution in [0, 0.1) is 12.8 Å². The van der Waals surface area contributed by atoms with Crippen LogP contribution in [0.3, 0.4) is 0 Å². The average Bonchev–Trinajstić information content (AvgIpc) is 3.30. The van der Waals surface area contributed by atoms with Gasteiger partial charge in [-0.2, -0.15) is 0 Å². The zero-order valence-corrected chi connectivity index (χ0v) is 20.0. The van der Waals surface area contributed by atoms with E-state index in [4.69, 9.17) is 4.98 Å². The summed E-state index contributed by atoms with van der Waals surface area (Å²) in [6, 6.07) is 26.9. The summed E-state index contributed by atoms with van der Waals surface area (Å²) in [6.07, 6.45) is 10.8.